The van der Waals surface area contributed by atoms with Gasteiger partial charge in [0.2, 0.25) is 0 Å². The SMILES string of the molecule is Cc1cc(OCc2ccccc2)c(C)c(OCc2ccccc2)c1C=O. The maximum atomic E-state index is 11.6. The molecule has 0 saturated carbocycles. The van der Waals surface area contributed by atoms with Crippen LogP contribution in [0.3, 0.4) is 0 Å². The molecule has 0 bridgehead atoms. The van der Waals surface area contributed by atoms with Crippen LogP contribution in [0, 0.1) is 13.8 Å². The van der Waals surface area contributed by atoms with Gasteiger partial charge in [0.1, 0.15) is 24.7 Å². The van der Waals surface area contributed by atoms with Crippen molar-refractivity contribution in [2.24, 2.45) is 0 Å². The van der Waals surface area contributed by atoms with E-state index in [-0.39, 0.29) is 0 Å². The average Bonchev–Trinajstić information content (AvgIpc) is 2.68. The van der Waals surface area contributed by atoms with Gasteiger partial charge in [-0.15, -0.1) is 0 Å². The number of carbonyl (C=O) groups excluding carboxylic acids is 1. The number of aldehydes is 1. The summed E-state index contributed by atoms with van der Waals surface area (Å²) < 4.78 is 12.0. The van der Waals surface area contributed by atoms with Crippen LogP contribution in [-0.4, -0.2) is 6.29 Å². The number of aryl methyl sites for hydroxylation is 1. The largest absolute Gasteiger partial charge is 0.488 e. The lowest BCUT2D eigenvalue weighted by atomic mass is 10.0. The van der Waals surface area contributed by atoms with Crippen molar-refractivity contribution in [2.45, 2.75) is 27.1 Å². The van der Waals surface area contributed by atoms with Gasteiger partial charge in [-0.2, -0.15) is 0 Å². The van der Waals surface area contributed by atoms with E-state index < -0.39 is 0 Å². The quantitative estimate of drug-likeness (QED) is 0.546. The Morgan fingerprint density at radius 2 is 1.35 bits per heavy atom. The van der Waals surface area contributed by atoms with Crippen LogP contribution in [-0.2, 0) is 13.2 Å². The number of rotatable bonds is 7. The Balaban J connectivity index is 1.84. The molecule has 0 amide bonds. The van der Waals surface area contributed by atoms with Gasteiger partial charge < -0.3 is 9.47 Å². The maximum absolute atomic E-state index is 11.6. The summed E-state index contributed by atoms with van der Waals surface area (Å²) >= 11 is 0. The summed E-state index contributed by atoms with van der Waals surface area (Å²) in [4.78, 5) is 11.6. The fraction of sp³-hybridized carbons (Fsp3) is 0.174. The molecule has 0 heterocycles. The van der Waals surface area contributed by atoms with Gasteiger partial charge in [0, 0.05) is 5.56 Å². The number of carbonyl (C=O) groups is 1. The summed E-state index contributed by atoms with van der Waals surface area (Å²) in [6.07, 6.45) is 0.851. The second-order valence-electron chi connectivity index (χ2n) is 6.23. The average molecular weight is 346 g/mol. The van der Waals surface area contributed by atoms with Crippen molar-refractivity contribution < 1.29 is 14.3 Å². The van der Waals surface area contributed by atoms with Gasteiger partial charge in [-0.3, -0.25) is 4.79 Å². The van der Waals surface area contributed by atoms with E-state index in [0.717, 1.165) is 34.3 Å². The van der Waals surface area contributed by atoms with Crippen molar-refractivity contribution in [3.8, 4) is 11.5 Å². The molecule has 0 atom stereocenters. The minimum absolute atomic E-state index is 0.407. The minimum atomic E-state index is 0.407. The molecule has 3 heteroatoms. The minimum Gasteiger partial charge on any atom is -0.488 e. The van der Waals surface area contributed by atoms with E-state index in [0.29, 0.717) is 24.5 Å². The first-order valence-electron chi connectivity index (χ1n) is 8.62. The second kappa shape index (κ2) is 8.34. The molecule has 3 nitrogen and oxygen atoms in total. The Morgan fingerprint density at radius 1 is 0.808 bits per heavy atom. The fourth-order valence-corrected chi connectivity index (χ4v) is 2.82. The van der Waals surface area contributed by atoms with Crippen LogP contribution in [0.25, 0.3) is 0 Å². The molecule has 132 valence electrons. The third-order valence-corrected chi connectivity index (χ3v) is 4.31. The summed E-state index contributed by atoms with van der Waals surface area (Å²) in [5, 5.41) is 0. The van der Waals surface area contributed by atoms with Crippen LogP contribution in [0.2, 0.25) is 0 Å². The molecule has 0 N–H and O–H groups in total. The third-order valence-electron chi connectivity index (χ3n) is 4.31. The molecule has 3 aromatic carbocycles. The molecule has 0 radical (unpaired) electrons. The van der Waals surface area contributed by atoms with Gasteiger partial charge in [-0.25, -0.2) is 0 Å². The molecule has 0 unspecified atom stereocenters. The van der Waals surface area contributed by atoms with E-state index in [2.05, 4.69) is 0 Å². The molecule has 26 heavy (non-hydrogen) atoms. The van der Waals surface area contributed by atoms with Crippen molar-refractivity contribution in [2.75, 3.05) is 0 Å². The van der Waals surface area contributed by atoms with Gasteiger partial charge in [0.05, 0.1) is 5.56 Å². The normalized spacial score (nSPS) is 10.4. The van der Waals surface area contributed by atoms with E-state index in [4.69, 9.17) is 9.47 Å². The first kappa shape index (κ1) is 17.7. The van der Waals surface area contributed by atoms with Crippen LogP contribution in [0.15, 0.2) is 66.7 Å². The summed E-state index contributed by atoms with van der Waals surface area (Å²) in [5.74, 6) is 1.33. The van der Waals surface area contributed by atoms with Crippen molar-refractivity contribution in [1.29, 1.82) is 0 Å². The maximum Gasteiger partial charge on any atom is 0.154 e. The monoisotopic (exact) mass is 346 g/mol. The van der Waals surface area contributed by atoms with Crippen LogP contribution < -0.4 is 9.47 Å². The zero-order valence-corrected chi connectivity index (χ0v) is 15.1. The lowest BCUT2D eigenvalue weighted by Crippen LogP contribution is -2.05. The summed E-state index contributed by atoms with van der Waals surface area (Å²) in [5.41, 5.74) is 4.40. The summed E-state index contributed by atoms with van der Waals surface area (Å²) in [6, 6.07) is 21.8. The molecule has 0 aliphatic rings. The topological polar surface area (TPSA) is 35.5 Å². The van der Waals surface area contributed by atoms with Gasteiger partial charge in [-0.05, 0) is 36.6 Å². The Kier molecular flexibility index (Phi) is 5.69. The van der Waals surface area contributed by atoms with Crippen LogP contribution in [0.5, 0.6) is 11.5 Å². The zero-order chi connectivity index (χ0) is 18.4. The molecule has 0 saturated heterocycles. The molecule has 0 aromatic heterocycles. The lowest BCUT2D eigenvalue weighted by Gasteiger charge is -2.18. The molecule has 0 spiro atoms. The second-order valence-corrected chi connectivity index (χ2v) is 6.23. The standard InChI is InChI=1S/C23H22O3/c1-17-13-22(25-15-19-9-5-3-6-10-19)18(2)23(21(17)14-24)26-16-20-11-7-4-8-12-20/h3-14H,15-16H2,1-2H3. The first-order valence-corrected chi connectivity index (χ1v) is 8.62. The predicted molar refractivity (Wildman–Crippen MR) is 103 cm³/mol. The Bertz CT molecular complexity index is 871. The Morgan fingerprint density at radius 3 is 1.88 bits per heavy atom. The highest BCUT2D eigenvalue weighted by molar-refractivity contribution is 5.83. The fourth-order valence-electron chi connectivity index (χ4n) is 2.82. The van der Waals surface area contributed by atoms with Gasteiger partial charge in [0.15, 0.2) is 6.29 Å². The summed E-state index contributed by atoms with van der Waals surface area (Å²) in [7, 11) is 0. The lowest BCUT2D eigenvalue weighted by molar-refractivity contribution is 0.111. The zero-order valence-electron chi connectivity index (χ0n) is 15.1. The molecule has 0 aliphatic heterocycles. The van der Waals surface area contributed by atoms with Crippen LogP contribution >= 0.6 is 0 Å². The van der Waals surface area contributed by atoms with Gasteiger partial charge in [-0.1, -0.05) is 60.7 Å². The third kappa shape index (κ3) is 4.12. The van der Waals surface area contributed by atoms with E-state index in [1.54, 1.807) is 0 Å². The molecule has 0 fully saturated rings. The van der Waals surface area contributed by atoms with Crippen molar-refractivity contribution in [3.63, 3.8) is 0 Å². The molecule has 3 aromatic rings. The van der Waals surface area contributed by atoms with E-state index in [9.17, 15) is 4.79 Å². The number of hydrogen-bond acceptors (Lipinski definition) is 3. The predicted octanol–water partition coefficient (Wildman–Crippen LogP) is 5.27. The highest BCUT2D eigenvalue weighted by Gasteiger charge is 2.16. The molecule has 0 aliphatic carbocycles. The van der Waals surface area contributed by atoms with Gasteiger partial charge in [0.25, 0.3) is 0 Å². The smallest absolute Gasteiger partial charge is 0.154 e. The number of ether oxygens (including phenoxy) is 2. The first-order chi connectivity index (χ1) is 12.7. The van der Waals surface area contributed by atoms with Gasteiger partial charge >= 0.3 is 0 Å². The highest BCUT2D eigenvalue weighted by atomic mass is 16.5. The van der Waals surface area contributed by atoms with E-state index >= 15 is 0 Å². The Hall–Kier alpha value is -3.07. The van der Waals surface area contributed by atoms with Crippen LogP contribution in [0.4, 0.5) is 0 Å². The van der Waals surface area contributed by atoms with E-state index in [1.165, 1.54) is 0 Å². The van der Waals surface area contributed by atoms with Crippen molar-refractivity contribution in [3.05, 3.63) is 94.5 Å². The van der Waals surface area contributed by atoms with E-state index in [1.807, 2.05) is 80.6 Å². The molecular formula is C23H22O3. The molecular weight excluding hydrogens is 324 g/mol. The number of benzene rings is 3. The summed E-state index contributed by atoms with van der Waals surface area (Å²) in [6.45, 7) is 4.70. The van der Waals surface area contributed by atoms with Crippen LogP contribution in [0.1, 0.15) is 32.6 Å². The Labute approximate surface area is 154 Å². The molecule has 3 rings (SSSR count). The van der Waals surface area contributed by atoms with Crippen molar-refractivity contribution in [1.82, 2.24) is 0 Å². The highest BCUT2D eigenvalue weighted by Crippen LogP contribution is 2.34. The van der Waals surface area contributed by atoms with Crippen molar-refractivity contribution >= 4 is 6.29 Å². The number of hydrogen-bond donors (Lipinski definition) is 0.